The van der Waals surface area contributed by atoms with Gasteiger partial charge in [-0.1, -0.05) is 66.4 Å². The van der Waals surface area contributed by atoms with Gasteiger partial charge < -0.3 is 15.1 Å². The molecule has 2 amide bonds. The minimum Gasteiger partial charge on any atom is -0.349 e. The van der Waals surface area contributed by atoms with Crippen molar-refractivity contribution in [2.24, 2.45) is 17.8 Å². The molecule has 0 spiro atoms. The smallest absolute Gasteiger partial charge is 0.256 e. The van der Waals surface area contributed by atoms with Crippen molar-refractivity contribution in [3.8, 4) is 0 Å². The quantitative estimate of drug-likeness (QED) is 0.393. The predicted octanol–water partition coefficient (Wildman–Crippen LogP) is 6.16. The van der Waals surface area contributed by atoms with E-state index in [2.05, 4.69) is 22.3 Å². The van der Waals surface area contributed by atoms with Crippen LogP contribution in [0.5, 0.6) is 0 Å². The van der Waals surface area contributed by atoms with Crippen LogP contribution in [0.2, 0.25) is 10.0 Å². The summed E-state index contributed by atoms with van der Waals surface area (Å²) in [7, 11) is 0. The van der Waals surface area contributed by atoms with Gasteiger partial charge >= 0.3 is 0 Å². The number of rotatable bonds is 8. The topological polar surface area (TPSA) is 52.7 Å². The third-order valence-corrected chi connectivity index (χ3v) is 9.60. The van der Waals surface area contributed by atoms with Crippen molar-refractivity contribution in [2.45, 2.75) is 43.0 Å². The van der Waals surface area contributed by atoms with E-state index >= 15 is 0 Å². The van der Waals surface area contributed by atoms with Crippen LogP contribution in [0.15, 0.2) is 47.4 Å². The van der Waals surface area contributed by atoms with E-state index in [4.69, 9.17) is 23.2 Å². The summed E-state index contributed by atoms with van der Waals surface area (Å²) in [6, 6.07) is 14.0. The van der Waals surface area contributed by atoms with Crippen molar-refractivity contribution in [2.75, 3.05) is 39.0 Å². The van der Waals surface area contributed by atoms with E-state index in [0.29, 0.717) is 27.4 Å². The van der Waals surface area contributed by atoms with Crippen molar-refractivity contribution in [3.05, 3.63) is 63.6 Å². The highest BCUT2D eigenvalue weighted by Crippen LogP contribution is 2.36. The van der Waals surface area contributed by atoms with Crippen LogP contribution in [0.25, 0.3) is 0 Å². The molecule has 2 aromatic rings. The maximum atomic E-state index is 13.3. The molecular weight excluding hydrogens is 525 g/mol. The van der Waals surface area contributed by atoms with E-state index in [1.807, 2.05) is 41.5 Å². The number of hydrogen-bond donors (Lipinski definition) is 1. The van der Waals surface area contributed by atoms with E-state index in [0.717, 1.165) is 69.7 Å². The fourth-order valence-electron chi connectivity index (χ4n) is 6.27. The highest BCUT2D eigenvalue weighted by Gasteiger charge is 2.42. The third-order valence-electron chi connectivity index (χ3n) is 8.29. The Labute approximate surface area is 234 Å². The molecule has 8 heteroatoms. The molecule has 1 N–H and O–H groups in total. The molecule has 5 rings (SSSR count). The highest BCUT2D eigenvalue weighted by atomic mass is 35.5. The lowest BCUT2D eigenvalue weighted by atomic mass is 10.0. The van der Waals surface area contributed by atoms with Gasteiger partial charge in [-0.25, -0.2) is 0 Å². The van der Waals surface area contributed by atoms with Crippen LogP contribution >= 0.6 is 35.0 Å². The van der Waals surface area contributed by atoms with E-state index in [1.54, 1.807) is 11.8 Å². The van der Waals surface area contributed by atoms with Gasteiger partial charge in [-0.05, 0) is 55.1 Å². The molecule has 198 valence electrons. The summed E-state index contributed by atoms with van der Waals surface area (Å²) in [5.74, 6) is 1.22. The van der Waals surface area contributed by atoms with Crippen LogP contribution in [-0.4, -0.2) is 60.6 Å². The van der Waals surface area contributed by atoms with Crippen molar-refractivity contribution in [1.29, 1.82) is 0 Å². The Morgan fingerprint density at radius 3 is 2.22 bits per heavy atom. The number of halogens is 2. The first-order chi connectivity index (χ1) is 17.9. The molecule has 2 saturated heterocycles. The van der Waals surface area contributed by atoms with Crippen LogP contribution < -0.4 is 5.32 Å². The minimum atomic E-state index is -0.0673. The number of thioether (sulfide) groups is 1. The average molecular weight is 561 g/mol. The summed E-state index contributed by atoms with van der Waals surface area (Å²) < 4.78 is 0. The summed E-state index contributed by atoms with van der Waals surface area (Å²) in [5.41, 5.74) is 1.59. The Balaban J connectivity index is 1.17. The number of fused-ring (bicyclic) bond motifs is 1. The first kappa shape index (κ1) is 26.9. The standard InChI is InChI=1S/C29H35Cl2N3O2S/c1-37-23-13-24(30)27(25(31)14-23)29(36)34-17-21-15-33(16-22(21)18-34)12-11-26(19-7-3-2-4-8-19)32-28(35)20-9-5-6-10-20/h2-4,7-8,13-14,20-22,26H,5-6,9-12,15-18H2,1H3,(H,32,35)/t21-,22?,26?/m0/s1. The summed E-state index contributed by atoms with van der Waals surface area (Å²) in [6.07, 6.45) is 7.18. The zero-order valence-corrected chi connectivity index (χ0v) is 23.6. The molecule has 0 bridgehead atoms. The zero-order valence-electron chi connectivity index (χ0n) is 21.3. The van der Waals surface area contributed by atoms with E-state index in [1.165, 1.54) is 5.56 Å². The molecule has 37 heavy (non-hydrogen) atoms. The van der Waals surface area contributed by atoms with Gasteiger partial charge in [-0.2, -0.15) is 0 Å². The molecule has 2 aliphatic heterocycles. The summed E-state index contributed by atoms with van der Waals surface area (Å²) >= 11 is 14.4. The van der Waals surface area contributed by atoms with Gasteiger partial charge in [0.15, 0.2) is 0 Å². The summed E-state index contributed by atoms with van der Waals surface area (Å²) in [6.45, 7) is 4.34. The second-order valence-corrected chi connectivity index (χ2v) is 12.4. The molecule has 2 unspecified atom stereocenters. The number of carbonyl (C=O) groups excluding carboxylic acids is 2. The lowest BCUT2D eigenvalue weighted by Crippen LogP contribution is -2.36. The molecule has 2 aromatic carbocycles. The van der Waals surface area contributed by atoms with Gasteiger partial charge in [0.25, 0.3) is 5.91 Å². The van der Waals surface area contributed by atoms with Crippen molar-refractivity contribution < 1.29 is 9.59 Å². The van der Waals surface area contributed by atoms with Crippen LogP contribution in [0.4, 0.5) is 0 Å². The predicted molar refractivity (Wildman–Crippen MR) is 151 cm³/mol. The molecule has 0 aromatic heterocycles. The molecule has 3 atom stereocenters. The molecule has 0 radical (unpaired) electrons. The Morgan fingerprint density at radius 1 is 1.00 bits per heavy atom. The Morgan fingerprint density at radius 2 is 1.62 bits per heavy atom. The maximum Gasteiger partial charge on any atom is 0.256 e. The summed E-state index contributed by atoms with van der Waals surface area (Å²) in [4.78, 5) is 31.6. The summed E-state index contributed by atoms with van der Waals surface area (Å²) in [5, 5.41) is 4.21. The van der Waals surface area contributed by atoms with Crippen LogP contribution in [0.3, 0.4) is 0 Å². The van der Waals surface area contributed by atoms with Crippen molar-refractivity contribution in [1.82, 2.24) is 15.1 Å². The maximum absolute atomic E-state index is 13.3. The molecular formula is C29H35Cl2N3O2S. The lowest BCUT2D eigenvalue weighted by molar-refractivity contribution is -0.125. The van der Waals surface area contributed by atoms with Gasteiger partial charge in [0.1, 0.15) is 0 Å². The molecule has 1 aliphatic carbocycles. The monoisotopic (exact) mass is 559 g/mol. The Bertz CT molecular complexity index is 1090. The zero-order chi connectivity index (χ0) is 25.9. The van der Waals surface area contributed by atoms with E-state index in [-0.39, 0.29) is 23.8 Å². The second kappa shape index (κ2) is 12.0. The molecule has 3 aliphatic rings. The first-order valence-corrected chi connectivity index (χ1v) is 15.3. The lowest BCUT2D eigenvalue weighted by Gasteiger charge is -2.26. The number of carbonyl (C=O) groups is 2. The highest BCUT2D eigenvalue weighted by molar-refractivity contribution is 7.98. The first-order valence-electron chi connectivity index (χ1n) is 13.3. The molecule has 3 fully saturated rings. The number of nitrogens with zero attached hydrogens (tertiary/aromatic N) is 2. The average Bonchev–Trinajstić information content (AvgIpc) is 3.63. The van der Waals surface area contributed by atoms with Crippen LogP contribution in [-0.2, 0) is 4.79 Å². The molecule has 1 saturated carbocycles. The number of hydrogen-bond acceptors (Lipinski definition) is 4. The van der Waals surface area contributed by atoms with Gasteiger partial charge in [-0.15, -0.1) is 11.8 Å². The largest absolute Gasteiger partial charge is 0.349 e. The normalized spacial score (nSPS) is 22.8. The Kier molecular flexibility index (Phi) is 8.70. The fourth-order valence-corrected chi connectivity index (χ4v) is 7.52. The molecule has 5 nitrogen and oxygen atoms in total. The van der Waals surface area contributed by atoms with E-state index < -0.39 is 0 Å². The number of amides is 2. The number of likely N-dealkylation sites (tertiary alicyclic amines) is 2. The van der Waals surface area contributed by atoms with Gasteiger partial charge in [-0.3, -0.25) is 9.59 Å². The minimum absolute atomic E-state index is 0.0290. The SMILES string of the molecule is CSc1cc(Cl)c(C(=O)N2CC3CN(CCC(NC(=O)C4CCCC4)c4ccccc4)C[C@H]3C2)c(Cl)c1. The second-order valence-electron chi connectivity index (χ2n) is 10.7. The number of nitrogens with one attached hydrogen (secondary N) is 1. The van der Waals surface area contributed by atoms with Gasteiger partial charge in [0.2, 0.25) is 5.91 Å². The van der Waals surface area contributed by atoms with Crippen molar-refractivity contribution >= 4 is 46.8 Å². The fraction of sp³-hybridized carbons (Fsp3) is 0.517. The van der Waals surface area contributed by atoms with Crippen LogP contribution in [0, 0.1) is 17.8 Å². The van der Waals surface area contributed by atoms with Gasteiger partial charge in [0.05, 0.1) is 21.7 Å². The molecule has 2 heterocycles. The third kappa shape index (κ3) is 6.13. The number of benzene rings is 2. The van der Waals surface area contributed by atoms with Crippen LogP contribution in [0.1, 0.15) is 54.1 Å². The van der Waals surface area contributed by atoms with E-state index in [9.17, 15) is 9.59 Å². The Hall–Kier alpha value is -1.73. The van der Waals surface area contributed by atoms with Gasteiger partial charge in [0, 0.05) is 43.5 Å². The van der Waals surface area contributed by atoms with Crippen molar-refractivity contribution in [3.63, 3.8) is 0 Å².